The molecule has 1 amide bonds. The van der Waals surface area contributed by atoms with Crippen LogP contribution < -0.4 is 15.4 Å². The van der Waals surface area contributed by atoms with Crippen LogP contribution in [0.3, 0.4) is 0 Å². The highest BCUT2D eigenvalue weighted by atomic mass is 16.5. The van der Waals surface area contributed by atoms with Gasteiger partial charge in [0, 0.05) is 40.6 Å². The van der Waals surface area contributed by atoms with Crippen LogP contribution in [0.5, 0.6) is 5.75 Å². The molecule has 0 aliphatic heterocycles. The van der Waals surface area contributed by atoms with E-state index in [0.717, 1.165) is 46.1 Å². The van der Waals surface area contributed by atoms with Crippen LogP contribution in [0, 0.1) is 0 Å². The fraction of sp³-hybridized carbons (Fsp3) is 0.179. The van der Waals surface area contributed by atoms with Crippen molar-refractivity contribution >= 4 is 28.3 Å². The molecule has 0 radical (unpaired) electrons. The van der Waals surface area contributed by atoms with Crippen LogP contribution in [-0.4, -0.2) is 43.7 Å². The number of rotatable bonds is 8. The van der Waals surface area contributed by atoms with E-state index in [1.165, 1.54) is 6.42 Å². The van der Waals surface area contributed by atoms with Crippen molar-refractivity contribution < 1.29 is 9.53 Å². The summed E-state index contributed by atoms with van der Waals surface area (Å²) in [7, 11) is 0. The van der Waals surface area contributed by atoms with E-state index in [1.54, 1.807) is 18.6 Å². The molecule has 1 saturated carbocycles. The molecule has 184 valence electrons. The highest BCUT2D eigenvalue weighted by Gasteiger charge is 2.19. The Balaban J connectivity index is 1.24. The third kappa shape index (κ3) is 5.11. The molecule has 0 saturated heterocycles. The first-order valence-electron chi connectivity index (χ1n) is 12.2. The van der Waals surface area contributed by atoms with Crippen molar-refractivity contribution in [3.63, 3.8) is 0 Å². The number of carbonyl (C=O) groups is 1. The van der Waals surface area contributed by atoms with E-state index in [0.29, 0.717) is 17.4 Å². The molecule has 3 aromatic heterocycles. The Kier molecular flexibility index (Phi) is 6.16. The minimum Gasteiger partial charge on any atom is -0.484 e. The van der Waals surface area contributed by atoms with Gasteiger partial charge >= 0.3 is 0 Å². The van der Waals surface area contributed by atoms with Gasteiger partial charge in [-0.15, -0.1) is 0 Å². The van der Waals surface area contributed by atoms with Gasteiger partial charge in [0.05, 0.1) is 17.9 Å². The second-order valence-corrected chi connectivity index (χ2v) is 8.99. The Morgan fingerprint density at radius 1 is 1.00 bits per heavy atom. The topological polar surface area (TPSA) is 118 Å². The van der Waals surface area contributed by atoms with Crippen LogP contribution in [-0.2, 0) is 4.79 Å². The average molecular weight is 492 g/mol. The number of anilines is 2. The summed E-state index contributed by atoms with van der Waals surface area (Å²) in [6, 6.07) is 17.7. The minimum atomic E-state index is -0.103. The molecule has 9 nitrogen and oxygen atoms in total. The summed E-state index contributed by atoms with van der Waals surface area (Å²) in [5.74, 6) is 1.68. The summed E-state index contributed by atoms with van der Waals surface area (Å²) in [6.45, 7) is -0.0237. The standard InChI is InChI=1S/C28H25N7O2/c36-26(32-21-4-2-5-21)17-37-23-6-1-3-19(13-23)27-34-25-16-29-12-11-24(25)28(35-27)33-22-9-7-18(8-10-22)20-14-30-31-15-20/h1,3,6-16,21H,2,4-5,17H2,(H,30,31)(H,32,36)(H,33,34,35). The molecule has 9 heteroatoms. The minimum absolute atomic E-state index is 0.0237. The molecular weight excluding hydrogens is 466 g/mol. The summed E-state index contributed by atoms with van der Waals surface area (Å²) in [5, 5.41) is 14.1. The van der Waals surface area contributed by atoms with Crippen LogP contribution in [0.15, 0.2) is 79.4 Å². The number of nitrogens with zero attached hydrogens (tertiary/aromatic N) is 4. The van der Waals surface area contributed by atoms with Crippen molar-refractivity contribution in [3.05, 3.63) is 79.4 Å². The fourth-order valence-corrected chi connectivity index (χ4v) is 4.19. The number of hydrogen-bond acceptors (Lipinski definition) is 7. The lowest BCUT2D eigenvalue weighted by molar-refractivity contribution is -0.124. The van der Waals surface area contributed by atoms with Gasteiger partial charge in [-0.1, -0.05) is 24.3 Å². The quantitative estimate of drug-likeness (QED) is 0.283. The number of fused-ring (bicyclic) bond motifs is 1. The van der Waals surface area contributed by atoms with Crippen molar-refractivity contribution in [2.45, 2.75) is 25.3 Å². The molecule has 6 rings (SSSR count). The van der Waals surface area contributed by atoms with E-state index in [9.17, 15) is 4.79 Å². The maximum atomic E-state index is 12.1. The molecule has 0 bridgehead atoms. The molecule has 0 spiro atoms. The fourth-order valence-electron chi connectivity index (χ4n) is 4.19. The lowest BCUT2D eigenvalue weighted by atomic mass is 9.93. The smallest absolute Gasteiger partial charge is 0.258 e. The number of aromatic nitrogens is 5. The van der Waals surface area contributed by atoms with E-state index < -0.39 is 0 Å². The van der Waals surface area contributed by atoms with Crippen molar-refractivity contribution in [1.82, 2.24) is 30.5 Å². The molecule has 3 N–H and O–H groups in total. The molecule has 37 heavy (non-hydrogen) atoms. The second-order valence-electron chi connectivity index (χ2n) is 8.99. The number of carbonyl (C=O) groups excluding carboxylic acids is 1. The molecule has 1 aliphatic rings. The maximum absolute atomic E-state index is 12.1. The number of benzene rings is 2. The summed E-state index contributed by atoms with van der Waals surface area (Å²) in [6.07, 6.45) is 10.3. The first-order chi connectivity index (χ1) is 18.2. The number of pyridine rings is 1. The van der Waals surface area contributed by atoms with Crippen molar-refractivity contribution in [1.29, 1.82) is 0 Å². The lowest BCUT2D eigenvalue weighted by Crippen LogP contribution is -2.41. The Bertz CT molecular complexity index is 1530. The van der Waals surface area contributed by atoms with Gasteiger partial charge < -0.3 is 15.4 Å². The van der Waals surface area contributed by atoms with Crippen LogP contribution in [0.1, 0.15) is 19.3 Å². The normalized spacial score (nSPS) is 13.2. The Hall–Kier alpha value is -4.79. The zero-order chi connectivity index (χ0) is 25.0. The average Bonchev–Trinajstić information content (AvgIpc) is 3.45. The highest BCUT2D eigenvalue weighted by molar-refractivity contribution is 5.91. The van der Waals surface area contributed by atoms with Crippen LogP contribution in [0.25, 0.3) is 33.4 Å². The van der Waals surface area contributed by atoms with Crippen LogP contribution >= 0.6 is 0 Å². The van der Waals surface area contributed by atoms with Gasteiger partial charge in [0.1, 0.15) is 11.6 Å². The molecule has 2 aromatic carbocycles. The summed E-state index contributed by atoms with van der Waals surface area (Å²) < 4.78 is 5.75. The molecule has 3 heterocycles. The van der Waals surface area contributed by atoms with Gasteiger partial charge in [-0.05, 0) is 55.2 Å². The zero-order valence-corrected chi connectivity index (χ0v) is 20.0. The number of aromatic amines is 1. The number of H-pyrrole nitrogens is 1. The number of nitrogens with one attached hydrogen (secondary N) is 3. The maximum Gasteiger partial charge on any atom is 0.258 e. The molecule has 0 unspecified atom stereocenters. The molecule has 1 aliphatic carbocycles. The number of hydrogen-bond donors (Lipinski definition) is 3. The first-order valence-corrected chi connectivity index (χ1v) is 12.2. The van der Waals surface area contributed by atoms with Crippen LogP contribution in [0.4, 0.5) is 11.5 Å². The largest absolute Gasteiger partial charge is 0.484 e. The lowest BCUT2D eigenvalue weighted by Gasteiger charge is -2.26. The zero-order valence-electron chi connectivity index (χ0n) is 20.0. The Labute approximate surface area is 213 Å². The van der Waals surface area contributed by atoms with Gasteiger partial charge in [0.2, 0.25) is 0 Å². The van der Waals surface area contributed by atoms with E-state index >= 15 is 0 Å². The van der Waals surface area contributed by atoms with Crippen LogP contribution in [0.2, 0.25) is 0 Å². The van der Waals surface area contributed by atoms with E-state index in [2.05, 4.69) is 25.8 Å². The van der Waals surface area contributed by atoms with Gasteiger partial charge in [-0.2, -0.15) is 5.10 Å². The van der Waals surface area contributed by atoms with Crippen molar-refractivity contribution in [2.24, 2.45) is 0 Å². The predicted octanol–water partition coefficient (Wildman–Crippen LogP) is 4.87. The second kappa shape index (κ2) is 10.1. The Morgan fingerprint density at radius 2 is 1.89 bits per heavy atom. The van der Waals surface area contributed by atoms with Gasteiger partial charge in [0.25, 0.3) is 5.91 Å². The predicted molar refractivity (Wildman–Crippen MR) is 141 cm³/mol. The third-order valence-corrected chi connectivity index (χ3v) is 6.41. The molecule has 1 fully saturated rings. The number of amides is 1. The van der Waals surface area contributed by atoms with E-state index in [-0.39, 0.29) is 18.6 Å². The first kappa shape index (κ1) is 22.7. The highest BCUT2D eigenvalue weighted by Crippen LogP contribution is 2.29. The van der Waals surface area contributed by atoms with Gasteiger partial charge in [-0.25, -0.2) is 9.97 Å². The van der Waals surface area contributed by atoms with E-state index in [1.807, 2.05) is 60.8 Å². The van der Waals surface area contributed by atoms with Crippen molar-refractivity contribution in [2.75, 3.05) is 11.9 Å². The summed E-state index contributed by atoms with van der Waals surface area (Å²) in [5.41, 5.74) is 4.48. The number of ether oxygens (including phenoxy) is 1. The third-order valence-electron chi connectivity index (χ3n) is 6.41. The van der Waals surface area contributed by atoms with Gasteiger partial charge in [0.15, 0.2) is 12.4 Å². The SMILES string of the molecule is O=C(COc1cccc(-c2nc(Nc3ccc(-c4cn[nH]c4)cc3)c3ccncc3n2)c1)NC1CCC1. The monoisotopic (exact) mass is 491 g/mol. The van der Waals surface area contributed by atoms with Crippen molar-refractivity contribution in [3.8, 4) is 28.3 Å². The molecular formula is C28H25N7O2. The molecule has 0 atom stereocenters. The molecule has 5 aromatic rings. The van der Waals surface area contributed by atoms with Gasteiger partial charge in [-0.3, -0.25) is 14.9 Å². The summed E-state index contributed by atoms with van der Waals surface area (Å²) in [4.78, 5) is 26.0. The van der Waals surface area contributed by atoms with E-state index in [4.69, 9.17) is 14.7 Å². The Morgan fingerprint density at radius 3 is 2.68 bits per heavy atom. The summed E-state index contributed by atoms with van der Waals surface area (Å²) >= 11 is 0.